The Kier molecular flexibility index (Phi) is 6.89. The molecule has 0 bridgehead atoms. The molecule has 0 spiro atoms. The predicted molar refractivity (Wildman–Crippen MR) is 82.0 cm³/mol. The summed E-state index contributed by atoms with van der Waals surface area (Å²) in [5.41, 5.74) is 1.35. The third kappa shape index (κ3) is 4.43. The van der Waals surface area contributed by atoms with Gasteiger partial charge >= 0.3 is 0 Å². The van der Waals surface area contributed by atoms with Crippen molar-refractivity contribution in [1.29, 1.82) is 5.26 Å². The van der Waals surface area contributed by atoms with Crippen molar-refractivity contribution in [3.63, 3.8) is 0 Å². The van der Waals surface area contributed by atoms with Crippen molar-refractivity contribution in [3.8, 4) is 6.07 Å². The van der Waals surface area contributed by atoms with Crippen molar-refractivity contribution in [2.45, 2.75) is 26.7 Å². The minimum Gasteiger partial charge on any atom is -0.384 e. The number of hydrogen-bond donors (Lipinski definition) is 1. The van der Waals surface area contributed by atoms with Gasteiger partial charge in [0.15, 0.2) is 0 Å². The Morgan fingerprint density at radius 2 is 2.20 bits per heavy atom. The lowest BCUT2D eigenvalue weighted by Gasteiger charge is -2.21. The van der Waals surface area contributed by atoms with Crippen LogP contribution >= 0.6 is 11.6 Å². The second-order valence-corrected chi connectivity index (χ2v) is 4.85. The van der Waals surface area contributed by atoms with E-state index in [1.165, 1.54) is 0 Å². The van der Waals surface area contributed by atoms with E-state index >= 15 is 0 Å². The molecule has 0 radical (unpaired) electrons. The number of rotatable bonds is 7. The molecule has 0 saturated carbocycles. The molecule has 0 unspecified atom stereocenters. The van der Waals surface area contributed by atoms with Crippen LogP contribution in [0.15, 0.2) is 18.2 Å². The van der Waals surface area contributed by atoms with Gasteiger partial charge in [-0.25, -0.2) is 0 Å². The predicted octanol–water partition coefficient (Wildman–Crippen LogP) is 3.54. The maximum atomic E-state index is 12.5. The molecule has 4 nitrogen and oxygen atoms in total. The summed E-state index contributed by atoms with van der Waals surface area (Å²) < 4.78 is 0. The van der Waals surface area contributed by atoms with Crippen LogP contribution in [0, 0.1) is 11.3 Å². The molecule has 0 aliphatic heterocycles. The van der Waals surface area contributed by atoms with Crippen molar-refractivity contribution < 1.29 is 4.79 Å². The summed E-state index contributed by atoms with van der Waals surface area (Å²) in [4.78, 5) is 14.2. The molecule has 0 aromatic heterocycles. The van der Waals surface area contributed by atoms with Crippen LogP contribution in [0.5, 0.6) is 0 Å². The summed E-state index contributed by atoms with van der Waals surface area (Å²) in [5.74, 6) is -0.0937. The Morgan fingerprint density at radius 1 is 1.45 bits per heavy atom. The van der Waals surface area contributed by atoms with Gasteiger partial charge in [0, 0.05) is 30.3 Å². The van der Waals surface area contributed by atoms with Crippen molar-refractivity contribution in [3.05, 3.63) is 28.8 Å². The van der Waals surface area contributed by atoms with Crippen molar-refractivity contribution in [2.24, 2.45) is 0 Å². The summed E-state index contributed by atoms with van der Waals surface area (Å²) >= 11 is 6.00. The quantitative estimate of drug-likeness (QED) is 0.836. The smallest absolute Gasteiger partial charge is 0.256 e. The molecule has 1 aromatic carbocycles. The summed E-state index contributed by atoms with van der Waals surface area (Å²) in [6, 6.07) is 7.33. The third-order valence-electron chi connectivity index (χ3n) is 2.94. The molecule has 1 amide bonds. The molecule has 0 fully saturated rings. The normalized spacial score (nSPS) is 9.90. The number of benzene rings is 1. The Bertz CT molecular complexity index is 496. The first-order valence-electron chi connectivity index (χ1n) is 6.83. The van der Waals surface area contributed by atoms with Crippen LogP contribution < -0.4 is 5.32 Å². The van der Waals surface area contributed by atoms with Crippen LogP contribution in [0.3, 0.4) is 0 Å². The summed E-state index contributed by atoms with van der Waals surface area (Å²) in [6.07, 6.45) is 1.31. The highest BCUT2D eigenvalue weighted by Gasteiger charge is 2.17. The van der Waals surface area contributed by atoms with E-state index in [9.17, 15) is 4.79 Å². The molecule has 0 aliphatic rings. The number of nitrogens with one attached hydrogen (secondary N) is 1. The van der Waals surface area contributed by atoms with Crippen molar-refractivity contribution >= 4 is 23.2 Å². The van der Waals surface area contributed by atoms with Crippen LogP contribution in [0.1, 0.15) is 37.0 Å². The summed E-state index contributed by atoms with van der Waals surface area (Å²) in [5, 5.41) is 12.4. The lowest BCUT2D eigenvalue weighted by molar-refractivity contribution is 0.0769. The Morgan fingerprint density at radius 3 is 2.80 bits per heavy atom. The van der Waals surface area contributed by atoms with Crippen molar-refractivity contribution in [1.82, 2.24) is 4.90 Å². The van der Waals surface area contributed by atoms with Crippen LogP contribution in [0.25, 0.3) is 0 Å². The number of nitriles is 1. The molecular formula is C15H20ClN3O. The second-order valence-electron chi connectivity index (χ2n) is 4.41. The van der Waals surface area contributed by atoms with Gasteiger partial charge in [0.05, 0.1) is 18.1 Å². The van der Waals surface area contributed by atoms with E-state index in [2.05, 4.69) is 18.3 Å². The zero-order valence-corrected chi connectivity index (χ0v) is 12.7. The number of anilines is 1. The molecule has 108 valence electrons. The van der Waals surface area contributed by atoms with E-state index in [1.807, 2.05) is 13.0 Å². The van der Waals surface area contributed by atoms with Crippen molar-refractivity contribution in [2.75, 3.05) is 25.0 Å². The first-order valence-corrected chi connectivity index (χ1v) is 7.21. The fourth-order valence-corrected chi connectivity index (χ4v) is 2.04. The standard InChI is InChI=1S/C15H20ClN3O/c1-3-9-18-14-7-6-12(16)11-13(14)15(20)19(4-2)10-5-8-17/h6-7,11,18H,3-5,9-10H2,1-2H3. The molecule has 0 saturated heterocycles. The van der Waals surface area contributed by atoms with Crippen LogP contribution in [-0.4, -0.2) is 30.4 Å². The first-order chi connectivity index (χ1) is 9.63. The Labute approximate surface area is 125 Å². The van der Waals surface area contributed by atoms with Gasteiger partial charge in [-0.3, -0.25) is 4.79 Å². The van der Waals surface area contributed by atoms with E-state index in [-0.39, 0.29) is 5.91 Å². The molecule has 1 rings (SSSR count). The van der Waals surface area contributed by atoms with Crippen LogP contribution in [0.2, 0.25) is 5.02 Å². The SMILES string of the molecule is CCCNc1ccc(Cl)cc1C(=O)N(CC)CCC#N. The monoisotopic (exact) mass is 293 g/mol. The highest BCUT2D eigenvalue weighted by Crippen LogP contribution is 2.22. The van der Waals surface area contributed by atoms with Gasteiger partial charge in [-0.1, -0.05) is 18.5 Å². The van der Waals surface area contributed by atoms with Gasteiger partial charge in [-0.2, -0.15) is 5.26 Å². The van der Waals surface area contributed by atoms with E-state index in [0.29, 0.717) is 30.1 Å². The zero-order valence-electron chi connectivity index (χ0n) is 11.9. The maximum absolute atomic E-state index is 12.5. The molecule has 5 heteroatoms. The molecular weight excluding hydrogens is 274 g/mol. The van der Waals surface area contributed by atoms with E-state index < -0.39 is 0 Å². The Balaban J connectivity index is 2.99. The first kappa shape index (κ1) is 16.3. The van der Waals surface area contributed by atoms with Crippen LogP contribution in [0.4, 0.5) is 5.69 Å². The molecule has 20 heavy (non-hydrogen) atoms. The number of halogens is 1. The van der Waals surface area contributed by atoms with Gasteiger partial charge in [-0.05, 0) is 31.5 Å². The molecule has 0 heterocycles. The lowest BCUT2D eigenvalue weighted by Crippen LogP contribution is -2.32. The van der Waals surface area contributed by atoms with Gasteiger partial charge in [0.2, 0.25) is 0 Å². The molecule has 0 aliphatic carbocycles. The number of nitrogens with zero attached hydrogens (tertiary/aromatic N) is 2. The average Bonchev–Trinajstić information content (AvgIpc) is 2.46. The van der Waals surface area contributed by atoms with E-state index in [0.717, 1.165) is 18.7 Å². The summed E-state index contributed by atoms with van der Waals surface area (Å²) in [7, 11) is 0. The minimum absolute atomic E-state index is 0.0937. The minimum atomic E-state index is -0.0937. The highest BCUT2D eigenvalue weighted by molar-refractivity contribution is 6.31. The van der Waals surface area contributed by atoms with E-state index in [1.54, 1.807) is 17.0 Å². The molecule has 0 atom stereocenters. The lowest BCUT2D eigenvalue weighted by atomic mass is 10.1. The number of carbonyl (C=O) groups excluding carboxylic acids is 1. The van der Waals surface area contributed by atoms with Gasteiger partial charge in [-0.15, -0.1) is 0 Å². The van der Waals surface area contributed by atoms with E-state index in [4.69, 9.17) is 16.9 Å². The third-order valence-corrected chi connectivity index (χ3v) is 3.18. The number of hydrogen-bond acceptors (Lipinski definition) is 3. The summed E-state index contributed by atoms with van der Waals surface area (Å²) in [6.45, 7) is 5.77. The molecule has 1 aromatic rings. The average molecular weight is 294 g/mol. The van der Waals surface area contributed by atoms with Crippen LogP contribution in [-0.2, 0) is 0 Å². The maximum Gasteiger partial charge on any atom is 0.256 e. The fourth-order valence-electron chi connectivity index (χ4n) is 1.87. The fraction of sp³-hybridized carbons (Fsp3) is 0.467. The molecule has 1 N–H and O–H groups in total. The number of carbonyl (C=O) groups is 1. The highest BCUT2D eigenvalue weighted by atomic mass is 35.5. The van der Waals surface area contributed by atoms with Gasteiger partial charge < -0.3 is 10.2 Å². The zero-order chi connectivity index (χ0) is 15.0. The largest absolute Gasteiger partial charge is 0.384 e. The second kappa shape index (κ2) is 8.44. The van der Waals surface area contributed by atoms with Gasteiger partial charge in [0.1, 0.15) is 0 Å². The Hall–Kier alpha value is -1.73. The van der Waals surface area contributed by atoms with Gasteiger partial charge in [0.25, 0.3) is 5.91 Å². The topological polar surface area (TPSA) is 56.1 Å². The number of amides is 1.